The lowest BCUT2D eigenvalue weighted by molar-refractivity contribution is 0.0893. The summed E-state index contributed by atoms with van der Waals surface area (Å²) in [5.41, 5.74) is 5.32. The number of nitrogens with two attached hydrogens (primary N) is 1. The number of benzene rings is 1. The Balaban J connectivity index is 2.21. The fourth-order valence-electron chi connectivity index (χ4n) is 2.08. The van der Waals surface area contributed by atoms with Crippen LogP contribution >= 0.6 is 15.9 Å². The number of nitrogens with one attached hydrogen (secondary N) is 1. The molecule has 1 aliphatic carbocycles. The summed E-state index contributed by atoms with van der Waals surface area (Å²) in [5.74, 6) is -0.547. The maximum Gasteiger partial charge on any atom is 0.255 e. The first kappa shape index (κ1) is 13.5. The number of hydrogen-bond donors (Lipinski definition) is 2. The Morgan fingerprint density at radius 3 is 2.78 bits per heavy atom. The summed E-state index contributed by atoms with van der Waals surface area (Å²) in [6.45, 7) is 2.27. The second-order valence-corrected chi connectivity index (χ2v) is 5.80. The topological polar surface area (TPSA) is 55.1 Å². The van der Waals surface area contributed by atoms with Crippen LogP contribution in [0.25, 0.3) is 0 Å². The Morgan fingerprint density at radius 1 is 1.61 bits per heavy atom. The molecule has 1 aromatic carbocycles. The fourth-order valence-corrected chi connectivity index (χ4v) is 2.60. The summed E-state index contributed by atoms with van der Waals surface area (Å²) in [5, 5.41) is 2.87. The number of hydrogen-bond acceptors (Lipinski definition) is 2. The molecule has 0 aliphatic heterocycles. The van der Waals surface area contributed by atoms with E-state index in [0.29, 0.717) is 16.9 Å². The van der Waals surface area contributed by atoms with E-state index in [0.717, 1.165) is 12.8 Å². The van der Waals surface area contributed by atoms with Gasteiger partial charge >= 0.3 is 0 Å². The molecular weight excluding hydrogens is 299 g/mol. The number of halogens is 2. The van der Waals surface area contributed by atoms with Gasteiger partial charge in [-0.1, -0.05) is 6.07 Å². The van der Waals surface area contributed by atoms with E-state index in [-0.39, 0.29) is 5.56 Å². The zero-order chi connectivity index (χ0) is 13.3. The van der Waals surface area contributed by atoms with E-state index in [1.807, 2.05) is 6.92 Å². The predicted octanol–water partition coefficient (Wildman–Crippen LogP) is 2.45. The van der Waals surface area contributed by atoms with Gasteiger partial charge in [0, 0.05) is 11.0 Å². The molecule has 3 nitrogen and oxygen atoms in total. The molecule has 1 aromatic rings. The quantitative estimate of drug-likeness (QED) is 0.897. The second kappa shape index (κ2) is 4.97. The van der Waals surface area contributed by atoms with Crippen molar-refractivity contribution in [2.24, 2.45) is 11.7 Å². The molecule has 1 aliphatic rings. The van der Waals surface area contributed by atoms with Crippen molar-refractivity contribution in [3.63, 3.8) is 0 Å². The zero-order valence-corrected chi connectivity index (χ0v) is 11.8. The first-order valence-electron chi connectivity index (χ1n) is 5.94. The lowest BCUT2D eigenvalue weighted by atomic mass is 9.95. The first-order chi connectivity index (χ1) is 8.48. The predicted molar refractivity (Wildman–Crippen MR) is 71.7 cm³/mol. The Morgan fingerprint density at radius 2 is 2.28 bits per heavy atom. The molecular formula is C13H16BrFN2O. The van der Waals surface area contributed by atoms with Gasteiger partial charge in [0.1, 0.15) is 5.82 Å². The van der Waals surface area contributed by atoms with Crippen molar-refractivity contribution in [1.82, 2.24) is 5.32 Å². The molecule has 2 rings (SSSR count). The van der Waals surface area contributed by atoms with Crippen LogP contribution in [0.2, 0.25) is 0 Å². The van der Waals surface area contributed by atoms with E-state index in [1.165, 1.54) is 6.07 Å². The molecule has 0 heterocycles. The lowest BCUT2D eigenvalue weighted by Crippen LogP contribution is -2.53. The Kier molecular flexibility index (Phi) is 3.73. The van der Waals surface area contributed by atoms with Crippen LogP contribution in [0.15, 0.2) is 22.7 Å². The van der Waals surface area contributed by atoms with Crippen LogP contribution in [-0.4, -0.2) is 18.0 Å². The summed E-state index contributed by atoms with van der Waals surface area (Å²) >= 11 is 3.20. The monoisotopic (exact) mass is 314 g/mol. The molecule has 0 radical (unpaired) electrons. The molecule has 98 valence electrons. The minimum Gasteiger partial charge on any atom is -0.345 e. The summed E-state index contributed by atoms with van der Waals surface area (Å²) in [6, 6.07) is 4.48. The van der Waals surface area contributed by atoms with E-state index in [4.69, 9.17) is 5.73 Å². The second-order valence-electron chi connectivity index (χ2n) is 4.95. The molecule has 3 N–H and O–H groups in total. The molecule has 0 spiro atoms. The maximum absolute atomic E-state index is 13.7. The Labute approximate surface area is 114 Å². The lowest BCUT2D eigenvalue weighted by Gasteiger charge is -2.29. The van der Waals surface area contributed by atoms with E-state index in [9.17, 15) is 9.18 Å². The van der Waals surface area contributed by atoms with E-state index >= 15 is 0 Å². The Bertz CT molecular complexity index is 456. The van der Waals surface area contributed by atoms with E-state index < -0.39 is 17.3 Å². The van der Waals surface area contributed by atoms with Gasteiger partial charge in [-0.25, -0.2) is 4.39 Å². The molecule has 1 atom stereocenters. The van der Waals surface area contributed by atoms with Gasteiger partial charge in [0.05, 0.1) is 11.1 Å². The van der Waals surface area contributed by atoms with Crippen molar-refractivity contribution in [3.8, 4) is 0 Å². The van der Waals surface area contributed by atoms with Crippen molar-refractivity contribution in [2.75, 3.05) is 6.54 Å². The first-order valence-corrected chi connectivity index (χ1v) is 6.74. The normalized spacial score (nSPS) is 18.2. The van der Waals surface area contributed by atoms with Crippen LogP contribution in [0.1, 0.15) is 30.1 Å². The van der Waals surface area contributed by atoms with Gasteiger partial charge in [-0.3, -0.25) is 4.79 Å². The van der Waals surface area contributed by atoms with E-state index in [1.54, 1.807) is 12.1 Å². The summed E-state index contributed by atoms with van der Waals surface area (Å²) in [7, 11) is 0. The molecule has 1 amide bonds. The van der Waals surface area contributed by atoms with Gasteiger partial charge in [-0.2, -0.15) is 0 Å². The molecule has 1 unspecified atom stereocenters. The largest absolute Gasteiger partial charge is 0.345 e. The Hall–Kier alpha value is -0.940. The highest BCUT2D eigenvalue weighted by molar-refractivity contribution is 9.10. The van der Waals surface area contributed by atoms with Crippen LogP contribution in [0.3, 0.4) is 0 Å². The van der Waals surface area contributed by atoms with Gasteiger partial charge < -0.3 is 11.1 Å². The minimum absolute atomic E-state index is 0.0397. The highest BCUT2D eigenvalue weighted by Crippen LogP contribution is 2.39. The van der Waals surface area contributed by atoms with Crippen LogP contribution in [0, 0.1) is 11.7 Å². The fraction of sp³-hybridized carbons (Fsp3) is 0.462. The summed E-state index contributed by atoms with van der Waals surface area (Å²) in [4.78, 5) is 12.2. The SMILES string of the molecule is CC(CN)(NC(=O)c1c(F)cccc1Br)C1CC1. The summed E-state index contributed by atoms with van der Waals surface area (Å²) < 4.78 is 14.1. The van der Waals surface area contributed by atoms with Gasteiger partial charge in [0.15, 0.2) is 0 Å². The third-order valence-electron chi connectivity index (χ3n) is 3.49. The molecule has 0 bridgehead atoms. The van der Waals surface area contributed by atoms with Gasteiger partial charge in [0.2, 0.25) is 0 Å². The third-order valence-corrected chi connectivity index (χ3v) is 4.15. The van der Waals surface area contributed by atoms with Gasteiger partial charge in [-0.15, -0.1) is 0 Å². The highest BCUT2D eigenvalue weighted by Gasteiger charge is 2.42. The number of amides is 1. The molecule has 1 saturated carbocycles. The standard InChI is InChI=1S/C13H16BrFN2O/c1-13(7-16,8-5-6-8)17-12(18)11-9(14)3-2-4-10(11)15/h2-4,8H,5-7,16H2,1H3,(H,17,18). The average Bonchev–Trinajstić information content (AvgIpc) is 3.12. The zero-order valence-electron chi connectivity index (χ0n) is 10.2. The number of rotatable bonds is 4. The minimum atomic E-state index is -0.531. The van der Waals surface area contributed by atoms with Crippen LogP contribution in [0.5, 0.6) is 0 Å². The third kappa shape index (κ3) is 2.57. The van der Waals surface area contributed by atoms with Crippen LogP contribution in [0.4, 0.5) is 4.39 Å². The van der Waals surface area contributed by atoms with Crippen molar-refractivity contribution >= 4 is 21.8 Å². The van der Waals surface area contributed by atoms with Gasteiger partial charge in [0.25, 0.3) is 5.91 Å². The van der Waals surface area contributed by atoms with Crippen LogP contribution in [-0.2, 0) is 0 Å². The van der Waals surface area contributed by atoms with Crippen molar-refractivity contribution < 1.29 is 9.18 Å². The van der Waals surface area contributed by atoms with Crippen molar-refractivity contribution in [2.45, 2.75) is 25.3 Å². The van der Waals surface area contributed by atoms with Gasteiger partial charge in [-0.05, 0) is 53.7 Å². The molecule has 5 heteroatoms. The number of carbonyl (C=O) groups excluding carboxylic acids is 1. The van der Waals surface area contributed by atoms with Crippen molar-refractivity contribution in [1.29, 1.82) is 0 Å². The molecule has 18 heavy (non-hydrogen) atoms. The smallest absolute Gasteiger partial charge is 0.255 e. The molecule has 0 saturated heterocycles. The summed E-state index contributed by atoms with van der Waals surface area (Å²) in [6.07, 6.45) is 2.12. The number of carbonyl (C=O) groups is 1. The molecule has 1 fully saturated rings. The molecule has 0 aromatic heterocycles. The average molecular weight is 315 g/mol. The highest BCUT2D eigenvalue weighted by atomic mass is 79.9. The van der Waals surface area contributed by atoms with Crippen LogP contribution < -0.4 is 11.1 Å². The van der Waals surface area contributed by atoms with E-state index in [2.05, 4.69) is 21.2 Å². The van der Waals surface area contributed by atoms with Crippen molar-refractivity contribution in [3.05, 3.63) is 34.1 Å². The maximum atomic E-state index is 13.7.